The highest BCUT2D eigenvalue weighted by Gasteiger charge is 2.24. The predicted octanol–water partition coefficient (Wildman–Crippen LogP) is 3.86. The van der Waals surface area contributed by atoms with Crippen molar-refractivity contribution >= 4 is 54.6 Å². The van der Waals surface area contributed by atoms with Gasteiger partial charge < -0.3 is 0 Å². The summed E-state index contributed by atoms with van der Waals surface area (Å²) in [5.74, 6) is 0. The molecule has 1 aromatic carbocycles. The largest absolute Gasteiger partial charge is 0.273 e. The Bertz CT molecular complexity index is 759. The number of rotatable bonds is 3. The number of hydrogen-bond donors (Lipinski definition) is 0. The first-order valence-corrected chi connectivity index (χ1v) is 8.73. The molecule has 4 nitrogen and oxygen atoms in total. The number of nitriles is 1. The van der Waals surface area contributed by atoms with Crippen molar-refractivity contribution in [3.63, 3.8) is 0 Å². The van der Waals surface area contributed by atoms with Crippen LogP contribution in [0.2, 0.25) is 5.02 Å². The molecule has 8 heteroatoms. The summed E-state index contributed by atoms with van der Waals surface area (Å²) in [6.07, 6.45) is 0. The quantitative estimate of drug-likeness (QED) is 0.798. The van der Waals surface area contributed by atoms with Gasteiger partial charge in [0.2, 0.25) is 0 Å². The molecule has 1 aromatic heterocycles. The van der Waals surface area contributed by atoms with Gasteiger partial charge >= 0.3 is 0 Å². The third-order valence-corrected chi connectivity index (χ3v) is 7.31. The van der Waals surface area contributed by atoms with E-state index in [4.69, 9.17) is 16.9 Å². The fourth-order valence-corrected chi connectivity index (χ4v) is 5.24. The maximum atomic E-state index is 12.4. The number of anilines is 1. The van der Waals surface area contributed by atoms with Gasteiger partial charge in [0, 0.05) is 7.05 Å². The lowest BCUT2D eigenvalue weighted by molar-refractivity contribution is 0.596. The number of halogens is 2. The van der Waals surface area contributed by atoms with Gasteiger partial charge in [0.25, 0.3) is 10.0 Å². The Hall–Kier alpha value is -1.07. The number of hydrogen-bond acceptors (Lipinski definition) is 4. The topological polar surface area (TPSA) is 61.2 Å². The smallest absolute Gasteiger partial charge is 0.269 e. The fourth-order valence-electron chi connectivity index (χ4n) is 1.47. The predicted molar refractivity (Wildman–Crippen MR) is 83.8 cm³/mol. The van der Waals surface area contributed by atoms with Crippen LogP contribution in [0.1, 0.15) is 5.56 Å². The molecule has 0 saturated carbocycles. The molecule has 0 aliphatic heterocycles. The van der Waals surface area contributed by atoms with Crippen molar-refractivity contribution in [2.75, 3.05) is 11.4 Å². The molecule has 0 N–H and O–H groups in total. The molecule has 0 saturated heterocycles. The molecule has 104 valence electrons. The fraction of sp³-hybridized carbons (Fsp3) is 0.0833. The third kappa shape index (κ3) is 2.83. The van der Waals surface area contributed by atoms with Gasteiger partial charge in [-0.25, -0.2) is 8.42 Å². The first kappa shape index (κ1) is 15.3. The molecule has 20 heavy (non-hydrogen) atoms. The number of thiophene rings is 1. The average molecular weight is 392 g/mol. The number of nitrogens with zero attached hydrogens (tertiary/aromatic N) is 2. The summed E-state index contributed by atoms with van der Waals surface area (Å²) in [6, 6.07) is 9.70. The minimum absolute atomic E-state index is 0.154. The first-order chi connectivity index (χ1) is 9.36. The van der Waals surface area contributed by atoms with Gasteiger partial charge in [-0.1, -0.05) is 11.6 Å². The zero-order chi connectivity index (χ0) is 14.9. The summed E-state index contributed by atoms with van der Waals surface area (Å²) in [5, 5.41) is 9.10. The second-order valence-electron chi connectivity index (χ2n) is 3.82. The summed E-state index contributed by atoms with van der Waals surface area (Å²) >= 11 is 10.1. The summed E-state index contributed by atoms with van der Waals surface area (Å²) in [6.45, 7) is 0. The van der Waals surface area contributed by atoms with E-state index in [1.807, 2.05) is 6.07 Å². The van der Waals surface area contributed by atoms with E-state index in [2.05, 4.69) is 15.9 Å². The van der Waals surface area contributed by atoms with E-state index in [9.17, 15) is 8.42 Å². The normalized spacial score (nSPS) is 11.1. The van der Waals surface area contributed by atoms with Gasteiger partial charge in [0.15, 0.2) is 0 Å². The van der Waals surface area contributed by atoms with Gasteiger partial charge in [-0.3, -0.25) is 4.31 Å². The van der Waals surface area contributed by atoms with Gasteiger partial charge in [0.05, 0.1) is 26.1 Å². The minimum Gasteiger partial charge on any atom is -0.269 e. The monoisotopic (exact) mass is 390 g/mol. The Morgan fingerprint density at radius 3 is 2.40 bits per heavy atom. The van der Waals surface area contributed by atoms with Crippen LogP contribution in [0.25, 0.3) is 0 Å². The summed E-state index contributed by atoms with van der Waals surface area (Å²) in [7, 11) is -2.20. The Labute approximate surface area is 134 Å². The molecule has 2 rings (SSSR count). The second-order valence-corrected chi connectivity index (χ2v) is 8.79. The van der Waals surface area contributed by atoms with Crippen molar-refractivity contribution in [3.8, 4) is 6.07 Å². The first-order valence-electron chi connectivity index (χ1n) is 5.30. The summed E-state index contributed by atoms with van der Waals surface area (Å²) < 4.78 is 26.8. The van der Waals surface area contributed by atoms with Crippen LogP contribution in [0.4, 0.5) is 5.69 Å². The summed E-state index contributed by atoms with van der Waals surface area (Å²) in [5.41, 5.74) is 0.950. The molecule has 1 heterocycles. The molecule has 0 radical (unpaired) electrons. The standard InChI is InChI=1S/C12H8BrClN2O2S2/c1-16(9-4-2-8(7-15)3-5-9)20(17,18)11-6-10(14)12(13)19-11/h2-6H,1H3. The van der Waals surface area contributed by atoms with E-state index >= 15 is 0 Å². The van der Waals surface area contributed by atoms with Crippen LogP contribution in [0.15, 0.2) is 38.3 Å². The zero-order valence-electron chi connectivity index (χ0n) is 10.2. The van der Waals surface area contributed by atoms with Crippen LogP contribution in [0.5, 0.6) is 0 Å². The van der Waals surface area contributed by atoms with Gasteiger partial charge in [-0.15, -0.1) is 11.3 Å². The highest BCUT2D eigenvalue weighted by Crippen LogP contribution is 2.36. The van der Waals surface area contributed by atoms with E-state index < -0.39 is 10.0 Å². The molecule has 0 bridgehead atoms. The Balaban J connectivity index is 2.40. The summed E-state index contributed by atoms with van der Waals surface area (Å²) in [4.78, 5) is 0. The Morgan fingerprint density at radius 1 is 1.35 bits per heavy atom. The van der Waals surface area contributed by atoms with E-state index in [0.717, 1.165) is 15.6 Å². The van der Waals surface area contributed by atoms with E-state index in [1.54, 1.807) is 24.3 Å². The lowest BCUT2D eigenvalue weighted by atomic mass is 10.2. The maximum absolute atomic E-state index is 12.4. The van der Waals surface area contributed by atoms with E-state index in [1.165, 1.54) is 13.1 Å². The zero-order valence-corrected chi connectivity index (χ0v) is 14.1. The molecule has 0 amide bonds. The molecule has 0 unspecified atom stereocenters. The molecular weight excluding hydrogens is 384 g/mol. The molecular formula is C12H8BrClN2O2S2. The van der Waals surface area contributed by atoms with Crippen molar-refractivity contribution in [1.82, 2.24) is 0 Å². The third-order valence-electron chi connectivity index (χ3n) is 2.60. The van der Waals surface area contributed by atoms with Gasteiger partial charge in [-0.2, -0.15) is 5.26 Å². The lowest BCUT2D eigenvalue weighted by Crippen LogP contribution is -2.25. The maximum Gasteiger partial charge on any atom is 0.273 e. The van der Waals surface area contributed by atoms with Crippen molar-refractivity contribution in [1.29, 1.82) is 5.26 Å². The highest BCUT2D eigenvalue weighted by atomic mass is 79.9. The van der Waals surface area contributed by atoms with E-state index in [-0.39, 0.29) is 4.21 Å². The lowest BCUT2D eigenvalue weighted by Gasteiger charge is -2.18. The van der Waals surface area contributed by atoms with Crippen LogP contribution in [-0.4, -0.2) is 15.5 Å². The molecule has 0 spiro atoms. The van der Waals surface area contributed by atoms with Crippen molar-refractivity contribution in [3.05, 3.63) is 44.7 Å². The second kappa shape index (κ2) is 5.74. The van der Waals surface area contributed by atoms with E-state index in [0.29, 0.717) is 20.1 Å². The number of benzene rings is 1. The average Bonchev–Trinajstić information content (AvgIpc) is 2.78. The van der Waals surface area contributed by atoms with Crippen molar-refractivity contribution in [2.45, 2.75) is 4.21 Å². The molecule has 2 aromatic rings. The van der Waals surface area contributed by atoms with Crippen LogP contribution in [0, 0.1) is 11.3 Å². The van der Waals surface area contributed by atoms with Crippen molar-refractivity contribution in [2.24, 2.45) is 0 Å². The highest BCUT2D eigenvalue weighted by molar-refractivity contribution is 9.11. The minimum atomic E-state index is -3.66. The van der Waals surface area contributed by atoms with Crippen LogP contribution < -0.4 is 4.31 Å². The Kier molecular flexibility index (Phi) is 4.39. The SMILES string of the molecule is CN(c1ccc(C#N)cc1)S(=O)(=O)c1cc(Cl)c(Br)s1. The van der Waals surface area contributed by atoms with Gasteiger partial charge in [-0.05, 0) is 46.3 Å². The molecule has 0 aliphatic carbocycles. The number of sulfonamides is 1. The van der Waals surface area contributed by atoms with Crippen LogP contribution in [-0.2, 0) is 10.0 Å². The Morgan fingerprint density at radius 2 is 1.95 bits per heavy atom. The molecule has 0 fully saturated rings. The molecule has 0 aliphatic rings. The molecule has 0 atom stereocenters. The van der Waals surface area contributed by atoms with Crippen LogP contribution >= 0.6 is 38.9 Å². The van der Waals surface area contributed by atoms with Crippen LogP contribution in [0.3, 0.4) is 0 Å². The van der Waals surface area contributed by atoms with Crippen molar-refractivity contribution < 1.29 is 8.42 Å². The van der Waals surface area contributed by atoms with Gasteiger partial charge in [0.1, 0.15) is 4.21 Å².